The number of thioether (sulfide) groups is 1. The van der Waals surface area contributed by atoms with Crippen molar-refractivity contribution in [3.05, 3.63) is 88.9 Å². The van der Waals surface area contributed by atoms with Gasteiger partial charge in [-0.1, -0.05) is 77.2 Å². The number of aliphatic imine (C=N–C) groups is 1. The van der Waals surface area contributed by atoms with Crippen LogP contribution in [0, 0.1) is 0 Å². The average Bonchev–Trinajstić information content (AvgIpc) is 3.21. The minimum absolute atomic E-state index is 0.00145. The van der Waals surface area contributed by atoms with E-state index < -0.39 is 0 Å². The number of amidine groups is 1. The molecule has 4 N–H and O–H groups in total. The minimum atomic E-state index is -0.135. The van der Waals surface area contributed by atoms with E-state index in [2.05, 4.69) is 27.4 Å². The van der Waals surface area contributed by atoms with Crippen LogP contribution in [0.4, 0.5) is 10.8 Å². The summed E-state index contributed by atoms with van der Waals surface area (Å²) in [6.07, 6.45) is 0.867. The maximum Gasteiger partial charge on any atom is 0.183 e. The van der Waals surface area contributed by atoms with Gasteiger partial charge in [0.1, 0.15) is 0 Å². The summed E-state index contributed by atoms with van der Waals surface area (Å²) in [7, 11) is 0. The fourth-order valence-corrected chi connectivity index (χ4v) is 5.19. The molecule has 0 aliphatic carbocycles. The van der Waals surface area contributed by atoms with Crippen LogP contribution in [0.2, 0.25) is 5.02 Å². The lowest BCUT2D eigenvalue weighted by atomic mass is 10.1. The molecule has 1 heterocycles. The van der Waals surface area contributed by atoms with Crippen molar-refractivity contribution >= 4 is 60.9 Å². The van der Waals surface area contributed by atoms with Crippen LogP contribution in [0.25, 0.3) is 10.2 Å². The molecule has 4 rings (SSSR count). The summed E-state index contributed by atoms with van der Waals surface area (Å²) in [5.74, 6) is 0. The molecule has 0 saturated heterocycles. The molecule has 32 heavy (non-hydrogen) atoms. The monoisotopic (exact) mass is 482 g/mol. The lowest BCUT2D eigenvalue weighted by Gasteiger charge is -2.13. The lowest BCUT2D eigenvalue weighted by Crippen LogP contribution is -2.11. The first-order chi connectivity index (χ1) is 15.6. The highest BCUT2D eigenvalue weighted by molar-refractivity contribution is 8.14. The molecule has 0 radical (unpaired) electrons. The zero-order chi connectivity index (χ0) is 22.3. The van der Waals surface area contributed by atoms with Crippen LogP contribution in [0.5, 0.6) is 0 Å². The first-order valence-electron chi connectivity index (χ1n) is 10.2. The van der Waals surface area contributed by atoms with Gasteiger partial charge in [0, 0.05) is 11.6 Å². The summed E-state index contributed by atoms with van der Waals surface area (Å²) in [5.41, 5.74) is 10.1. The van der Waals surface area contributed by atoms with Gasteiger partial charge in [0.15, 0.2) is 10.3 Å². The lowest BCUT2D eigenvalue weighted by molar-refractivity contribution is 0.296. The molecule has 5 nitrogen and oxygen atoms in total. The van der Waals surface area contributed by atoms with Crippen molar-refractivity contribution in [2.75, 3.05) is 18.5 Å². The third-order valence-electron chi connectivity index (χ3n) is 4.82. The Balaban J connectivity index is 1.31. The highest BCUT2D eigenvalue weighted by Gasteiger charge is 2.13. The van der Waals surface area contributed by atoms with Crippen molar-refractivity contribution in [2.45, 2.75) is 11.7 Å². The van der Waals surface area contributed by atoms with Crippen LogP contribution >= 0.6 is 34.7 Å². The Kier molecular flexibility index (Phi) is 7.65. The summed E-state index contributed by atoms with van der Waals surface area (Å²) < 4.78 is 1.08. The molecule has 0 bridgehead atoms. The normalized spacial score (nSPS) is 12.8. The average molecular weight is 483 g/mol. The van der Waals surface area contributed by atoms with E-state index in [1.807, 2.05) is 60.7 Å². The topological polar surface area (TPSA) is 83.5 Å². The van der Waals surface area contributed by atoms with Crippen LogP contribution in [-0.2, 0) is 6.42 Å². The van der Waals surface area contributed by atoms with Crippen molar-refractivity contribution < 1.29 is 5.11 Å². The van der Waals surface area contributed by atoms with Gasteiger partial charge in [0.05, 0.1) is 27.8 Å². The van der Waals surface area contributed by atoms with Gasteiger partial charge in [0.2, 0.25) is 0 Å². The maximum atomic E-state index is 9.70. The summed E-state index contributed by atoms with van der Waals surface area (Å²) >= 11 is 9.01. The predicted molar refractivity (Wildman–Crippen MR) is 138 cm³/mol. The van der Waals surface area contributed by atoms with Crippen molar-refractivity contribution in [3.8, 4) is 0 Å². The third kappa shape index (κ3) is 6.01. The third-order valence-corrected chi connectivity index (χ3v) is 7.07. The molecule has 3 aromatic carbocycles. The van der Waals surface area contributed by atoms with E-state index in [9.17, 15) is 5.11 Å². The van der Waals surface area contributed by atoms with Gasteiger partial charge >= 0.3 is 0 Å². The van der Waals surface area contributed by atoms with Gasteiger partial charge in [-0.2, -0.15) is 0 Å². The molecule has 0 fully saturated rings. The number of benzene rings is 3. The van der Waals surface area contributed by atoms with Crippen molar-refractivity contribution in [3.63, 3.8) is 0 Å². The van der Waals surface area contributed by atoms with Crippen LogP contribution in [-0.4, -0.2) is 28.4 Å². The second-order valence-corrected chi connectivity index (χ2v) is 9.81. The number of nitrogens with zero attached hydrogens (tertiary/aromatic N) is 2. The van der Waals surface area contributed by atoms with Crippen molar-refractivity contribution in [1.29, 1.82) is 0 Å². The summed E-state index contributed by atoms with van der Waals surface area (Å²) in [6, 6.07) is 23.6. The summed E-state index contributed by atoms with van der Waals surface area (Å²) in [5, 5.41) is 15.0. The first-order valence-corrected chi connectivity index (χ1v) is 12.2. The Morgan fingerprint density at radius 2 is 1.91 bits per heavy atom. The molecular weight excluding hydrogens is 460 g/mol. The number of anilines is 1. The van der Waals surface area contributed by atoms with Gasteiger partial charge in [-0.15, -0.1) is 0 Å². The first kappa shape index (κ1) is 22.6. The van der Waals surface area contributed by atoms with E-state index in [0.717, 1.165) is 44.6 Å². The SMILES string of the molecule is NC(=Nc1ccc(CCNc2nc3ccc(Cl)cc3s2)cc1)SC(CO)c1ccccc1. The molecule has 8 heteroatoms. The number of hydrogen-bond donors (Lipinski definition) is 3. The minimum Gasteiger partial charge on any atom is -0.395 e. The highest BCUT2D eigenvalue weighted by Crippen LogP contribution is 2.30. The van der Waals surface area contributed by atoms with E-state index in [1.165, 1.54) is 17.3 Å². The fourth-order valence-electron chi connectivity index (χ4n) is 3.20. The number of rotatable bonds is 8. The predicted octanol–water partition coefficient (Wildman–Crippen LogP) is 6.02. The van der Waals surface area contributed by atoms with Crippen LogP contribution < -0.4 is 11.1 Å². The van der Waals surface area contributed by atoms with Crippen molar-refractivity contribution in [2.24, 2.45) is 10.7 Å². The number of nitrogens with two attached hydrogens (primary N) is 1. The number of aliphatic hydroxyl groups is 1. The number of aliphatic hydroxyl groups excluding tert-OH is 1. The Labute approximate surface area is 200 Å². The molecule has 1 aromatic heterocycles. The molecule has 0 aliphatic rings. The number of thiazole rings is 1. The van der Waals surface area contributed by atoms with Crippen molar-refractivity contribution in [1.82, 2.24) is 4.98 Å². The Morgan fingerprint density at radius 1 is 1.12 bits per heavy atom. The highest BCUT2D eigenvalue weighted by atomic mass is 35.5. The smallest absolute Gasteiger partial charge is 0.183 e. The van der Waals surface area contributed by atoms with Gasteiger partial charge in [-0.05, 0) is 47.9 Å². The second-order valence-electron chi connectivity index (χ2n) is 7.12. The van der Waals surface area contributed by atoms with E-state index in [1.54, 1.807) is 11.3 Å². The van der Waals surface area contributed by atoms with Gasteiger partial charge < -0.3 is 16.2 Å². The van der Waals surface area contributed by atoms with Gasteiger partial charge in [-0.3, -0.25) is 0 Å². The van der Waals surface area contributed by atoms with Crippen LogP contribution in [0.1, 0.15) is 16.4 Å². The standard InChI is InChI=1S/C24H23ClN4OS2/c25-18-8-11-20-21(14-18)32-24(29-20)27-13-12-16-6-9-19(10-7-16)28-23(26)31-22(15-30)17-4-2-1-3-5-17/h1-11,14,22,30H,12-13,15H2,(H2,26,28)(H,27,29). The summed E-state index contributed by atoms with van der Waals surface area (Å²) in [6.45, 7) is 0.780. The molecule has 4 aromatic rings. The number of fused-ring (bicyclic) bond motifs is 1. The number of hydrogen-bond acceptors (Lipinski definition) is 6. The second kappa shape index (κ2) is 10.8. The fraction of sp³-hybridized carbons (Fsp3) is 0.167. The molecule has 164 valence electrons. The molecule has 0 saturated carbocycles. The number of aromatic nitrogens is 1. The largest absolute Gasteiger partial charge is 0.395 e. The Bertz CT molecular complexity index is 1200. The van der Waals surface area contributed by atoms with Gasteiger partial charge in [-0.25, -0.2) is 9.98 Å². The van der Waals surface area contributed by atoms with E-state index in [4.69, 9.17) is 17.3 Å². The Morgan fingerprint density at radius 3 is 2.66 bits per heavy atom. The van der Waals surface area contributed by atoms with E-state index in [-0.39, 0.29) is 11.9 Å². The molecular formula is C24H23ClN4OS2. The van der Waals surface area contributed by atoms with E-state index >= 15 is 0 Å². The number of halogens is 1. The molecule has 1 unspecified atom stereocenters. The zero-order valence-electron chi connectivity index (χ0n) is 17.2. The quantitative estimate of drug-likeness (QED) is 0.211. The number of nitrogens with one attached hydrogen (secondary N) is 1. The summed E-state index contributed by atoms with van der Waals surface area (Å²) in [4.78, 5) is 9.07. The molecule has 1 atom stereocenters. The Hall–Kier alpha value is -2.58. The molecule has 0 spiro atoms. The van der Waals surface area contributed by atoms with E-state index in [0.29, 0.717) is 5.17 Å². The molecule has 0 amide bonds. The van der Waals surface area contributed by atoms with Crippen LogP contribution in [0.15, 0.2) is 77.8 Å². The van der Waals surface area contributed by atoms with Gasteiger partial charge in [0.25, 0.3) is 0 Å². The van der Waals surface area contributed by atoms with Crippen LogP contribution in [0.3, 0.4) is 0 Å². The maximum absolute atomic E-state index is 9.70. The molecule has 0 aliphatic heterocycles. The zero-order valence-corrected chi connectivity index (χ0v) is 19.6.